The number of hydrogen-bond acceptors (Lipinski definition) is 2. The summed E-state index contributed by atoms with van der Waals surface area (Å²) in [6.07, 6.45) is 9.24. The van der Waals surface area contributed by atoms with Gasteiger partial charge in [-0.1, -0.05) is 26.2 Å². The van der Waals surface area contributed by atoms with Gasteiger partial charge in [-0.2, -0.15) is 0 Å². The van der Waals surface area contributed by atoms with Crippen molar-refractivity contribution in [3.63, 3.8) is 0 Å². The first-order valence-corrected chi connectivity index (χ1v) is 8.65. The Morgan fingerprint density at radius 2 is 2.24 bits per heavy atom. The van der Waals surface area contributed by atoms with Crippen LogP contribution in [0.5, 0.6) is 0 Å². The van der Waals surface area contributed by atoms with Gasteiger partial charge in [0.1, 0.15) is 11.3 Å². The van der Waals surface area contributed by atoms with Crippen LogP contribution in [0.2, 0.25) is 0 Å². The highest BCUT2D eigenvalue weighted by Crippen LogP contribution is 2.36. The van der Waals surface area contributed by atoms with Gasteiger partial charge >= 0.3 is 0 Å². The number of halogens is 1. The van der Waals surface area contributed by atoms with Crippen molar-refractivity contribution in [3.05, 3.63) is 23.7 Å². The predicted octanol–water partition coefficient (Wildman–Crippen LogP) is 4.66. The molecule has 0 bridgehead atoms. The lowest BCUT2D eigenvalue weighted by Crippen LogP contribution is -2.21. The molecule has 4 heteroatoms. The van der Waals surface area contributed by atoms with Crippen molar-refractivity contribution in [2.75, 3.05) is 5.88 Å². The lowest BCUT2D eigenvalue weighted by Gasteiger charge is -2.30. The third-order valence-corrected chi connectivity index (χ3v) is 4.94. The van der Waals surface area contributed by atoms with E-state index in [0.29, 0.717) is 11.9 Å². The molecule has 0 spiro atoms. The molecule has 2 unspecified atom stereocenters. The van der Waals surface area contributed by atoms with E-state index in [1.165, 1.54) is 37.7 Å². The van der Waals surface area contributed by atoms with Gasteiger partial charge in [0.25, 0.3) is 0 Å². The molecule has 3 nitrogen and oxygen atoms in total. The van der Waals surface area contributed by atoms with E-state index >= 15 is 0 Å². The molecule has 0 aromatic carbocycles. The fourth-order valence-corrected chi connectivity index (χ4v) is 3.81. The summed E-state index contributed by atoms with van der Waals surface area (Å²) >= 11 is 5.99. The van der Waals surface area contributed by atoms with Crippen LogP contribution in [-0.4, -0.2) is 20.4 Å². The monoisotopic (exact) mass is 305 g/mol. The van der Waals surface area contributed by atoms with Crippen molar-refractivity contribution in [2.45, 2.75) is 58.4 Å². The maximum atomic E-state index is 5.99. The van der Waals surface area contributed by atoms with Crippen molar-refractivity contribution < 1.29 is 0 Å². The normalized spacial score (nSPS) is 22.8. The summed E-state index contributed by atoms with van der Waals surface area (Å²) in [6.45, 7) is 4.38. The smallest absolute Gasteiger partial charge is 0.160 e. The van der Waals surface area contributed by atoms with Gasteiger partial charge in [0.2, 0.25) is 0 Å². The molecule has 0 radical (unpaired) electrons. The summed E-state index contributed by atoms with van der Waals surface area (Å²) in [5.41, 5.74) is 3.23. The molecule has 21 heavy (non-hydrogen) atoms. The molecular formula is C17H24ClN3. The van der Waals surface area contributed by atoms with E-state index < -0.39 is 0 Å². The lowest BCUT2D eigenvalue weighted by molar-refractivity contribution is 0.261. The molecule has 3 rings (SSSR count). The number of nitrogens with zero attached hydrogens (tertiary/aromatic N) is 3. The Kier molecular flexibility index (Phi) is 4.48. The Balaban J connectivity index is 2.04. The van der Waals surface area contributed by atoms with E-state index in [0.717, 1.165) is 29.3 Å². The fraction of sp³-hybridized carbons (Fsp3) is 0.647. The maximum absolute atomic E-state index is 5.99. The Hall–Kier alpha value is -1.09. The van der Waals surface area contributed by atoms with E-state index in [-0.39, 0.29) is 0 Å². The molecule has 1 fully saturated rings. The van der Waals surface area contributed by atoms with Gasteiger partial charge in [0.15, 0.2) is 5.65 Å². The molecule has 2 aromatic rings. The van der Waals surface area contributed by atoms with Crippen LogP contribution >= 0.6 is 11.6 Å². The largest absolute Gasteiger partial charge is 0.310 e. The number of hydrogen-bond donors (Lipinski definition) is 0. The second kappa shape index (κ2) is 6.35. The second-order valence-corrected chi connectivity index (χ2v) is 6.67. The molecular weight excluding hydrogens is 282 g/mol. The van der Waals surface area contributed by atoms with Gasteiger partial charge in [-0.25, -0.2) is 9.97 Å². The summed E-state index contributed by atoms with van der Waals surface area (Å²) in [4.78, 5) is 9.47. The van der Waals surface area contributed by atoms with E-state index in [2.05, 4.69) is 29.5 Å². The van der Waals surface area contributed by atoms with Crippen molar-refractivity contribution in [2.24, 2.45) is 5.92 Å². The summed E-state index contributed by atoms with van der Waals surface area (Å²) in [6, 6.07) is 2.68. The summed E-state index contributed by atoms with van der Waals surface area (Å²) in [7, 11) is 0. The minimum Gasteiger partial charge on any atom is -0.310 e. The minimum absolute atomic E-state index is 0.544. The number of fused-ring (bicyclic) bond motifs is 1. The van der Waals surface area contributed by atoms with Gasteiger partial charge < -0.3 is 4.57 Å². The van der Waals surface area contributed by atoms with Crippen LogP contribution in [0, 0.1) is 12.8 Å². The number of imidazole rings is 1. The van der Waals surface area contributed by atoms with Crippen LogP contribution < -0.4 is 0 Å². The predicted molar refractivity (Wildman–Crippen MR) is 88.0 cm³/mol. The number of aryl methyl sites for hydroxylation is 2. The number of rotatable bonds is 4. The molecule has 2 heterocycles. The first-order valence-electron chi connectivity index (χ1n) is 8.12. The van der Waals surface area contributed by atoms with E-state index in [4.69, 9.17) is 16.6 Å². The first kappa shape index (κ1) is 14.8. The summed E-state index contributed by atoms with van der Waals surface area (Å²) < 4.78 is 2.39. The van der Waals surface area contributed by atoms with Crippen LogP contribution in [0.25, 0.3) is 11.2 Å². The Labute approximate surface area is 131 Å². The fourth-order valence-electron chi connectivity index (χ4n) is 3.64. The van der Waals surface area contributed by atoms with Crippen molar-refractivity contribution in [1.29, 1.82) is 0 Å². The van der Waals surface area contributed by atoms with Crippen LogP contribution in [0.4, 0.5) is 0 Å². The van der Waals surface area contributed by atoms with Crippen LogP contribution in [-0.2, 0) is 6.42 Å². The molecule has 0 aliphatic heterocycles. The van der Waals surface area contributed by atoms with Crippen molar-refractivity contribution in [3.8, 4) is 0 Å². The Morgan fingerprint density at radius 3 is 3.00 bits per heavy atom. The van der Waals surface area contributed by atoms with Crippen LogP contribution in [0.15, 0.2) is 12.3 Å². The topological polar surface area (TPSA) is 30.7 Å². The second-order valence-electron chi connectivity index (χ2n) is 6.29. The van der Waals surface area contributed by atoms with Gasteiger partial charge in [0.05, 0.1) is 0 Å². The molecule has 0 saturated heterocycles. The Morgan fingerprint density at radius 1 is 1.38 bits per heavy atom. The third-order valence-electron chi connectivity index (χ3n) is 4.76. The molecule has 1 aliphatic carbocycles. The van der Waals surface area contributed by atoms with Crippen molar-refractivity contribution >= 4 is 22.8 Å². The quantitative estimate of drug-likeness (QED) is 0.769. The molecule has 114 valence electrons. The van der Waals surface area contributed by atoms with E-state index in [1.807, 2.05) is 6.20 Å². The molecule has 1 aliphatic rings. The van der Waals surface area contributed by atoms with Gasteiger partial charge in [-0.05, 0) is 37.3 Å². The average Bonchev–Trinajstić information content (AvgIpc) is 2.84. The number of aromatic nitrogens is 3. The van der Waals surface area contributed by atoms with Gasteiger partial charge in [0, 0.05) is 24.5 Å². The zero-order chi connectivity index (χ0) is 14.8. The van der Waals surface area contributed by atoms with Crippen LogP contribution in [0.3, 0.4) is 0 Å². The number of pyridine rings is 1. The zero-order valence-corrected chi connectivity index (χ0v) is 13.7. The average molecular weight is 306 g/mol. The van der Waals surface area contributed by atoms with Crippen LogP contribution in [0.1, 0.15) is 56.5 Å². The summed E-state index contributed by atoms with van der Waals surface area (Å²) in [5.74, 6) is 2.57. The van der Waals surface area contributed by atoms with E-state index in [9.17, 15) is 0 Å². The highest BCUT2D eigenvalue weighted by atomic mass is 35.5. The molecule has 2 aromatic heterocycles. The molecule has 0 N–H and O–H groups in total. The lowest BCUT2D eigenvalue weighted by atomic mass is 9.84. The first-order chi connectivity index (χ1) is 10.2. The summed E-state index contributed by atoms with van der Waals surface area (Å²) in [5, 5.41) is 0. The van der Waals surface area contributed by atoms with Gasteiger partial charge in [-0.15, -0.1) is 11.6 Å². The minimum atomic E-state index is 0.544. The third kappa shape index (κ3) is 2.94. The molecule has 1 saturated carbocycles. The highest BCUT2D eigenvalue weighted by Gasteiger charge is 2.26. The SMILES string of the molecule is CCC1CCCC(n2c(CCCl)nc3cc(C)cnc32)C1. The van der Waals surface area contributed by atoms with E-state index in [1.54, 1.807) is 0 Å². The van der Waals surface area contributed by atoms with Crippen molar-refractivity contribution in [1.82, 2.24) is 14.5 Å². The molecule has 2 atom stereocenters. The standard InChI is InChI=1S/C17H24ClN3/c1-3-13-5-4-6-14(10-13)21-16(7-8-18)20-15-9-12(2)11-19-17(15)21/h9,11,13-14H,3-8,10H2,1-2H3. The van der Waals surface area contributed by atoms with Gasteiger partial charge in [-0.3, -0.25) is 0 Å². The molecule has 0 amide bonds. The highest BCUT2D eigenvalue weighted by molar-refractivity contribution is 6.17. The zero-order valence-electron chi connectivity index (χ0n) is 13.0. The maximum Gasteiger partial charge on any atom is 0.160 e. The number of alkyl halides is 1. The Bertz CT molecular complexity index is 620.